The molecule has 498 valence electrons. The van der Waals surface area contributed by atoms with Gasteiger partial charge in [-0.3, -0.25) is 4.98 Å². The Balaban J connectivity index is 0.629. The SMILES string of the molecule is c1ccc(-c2nc(-c3ccc(-c4ccc5c(c4)Oc4ccc(-c6cccc(-c7nc(-c8ccc(-c9ccc%10c(c9)Oc9ccccc9C%109c%10ccccc%10-c%10ccccc%109)cc8)cc(-c8ccc9c(c8)sc8ccccc89)n7)c6)cc4C54c5ccccc5-c5ccccc54)cc3)cc(-c3ccccn3)n2)cc1. The molecule has 0 amide bonds. The molecule has 0 radical (unpaired) electrons. The largest absolute Gasteiger partial charge is 0.457 e. The molecule has 0 N–H and O–H groups in total. The first-order valence-corrected chi connectivity index (χ1v) is 37.0. The summed E-state index contributed by atoms with van der Waals surface area (Å²) in [5, 5.41) is 2.50. The van der Waals surface area contributed by atoms with Gasteiger partial charge in [0.1, 0.15) is 23.0 Å². The zero-order valence-electron chi connectivity index (χ0n) is 57.5. The van der Waals surface area contributed by atoms with Gasteiger partial charge < -0.3 is 9.47 Å². The zero-order chi connectivity index (χ0) is 70.3. The van der Waals surface area contributed by atoms with Gasteiger partial charge in [-0.2, -0.15) is 0 Å². The van der Waals surface area contributed by atoms with Gasteiger partial charge >= 0.3 is 0 Å². The van der Waals surface area contributed by atoms with Gasteiger partial charge in [0.2, 0.25) is 0 Å². The summed E-state index contributed by atoms with van der Waals surface area (Å²) >= 11 is 1.81. The number of aromatic nitrogens is 5. The molecule has 7 nitrogen and oxygen atoms in total. The van der Waals surface area contributed by atoms with Crippen molar-refractivity contribution in [1.29, 1.82) is 0 Å². The Morgan fingerprint density at radius 2 is 0.636 bits per heavy atom. The van der Waals surface area contributed by atoms with Crippen molar-refractivity contribution in [3.8, 4) is 147 Å². The second-order valence-corrected chi connectivity index (χ2v) is 29.1. The van der Waals surface area contributed by atoms with Crippen molar-refractivity contribution in [3.63, 3.8) is 0 Å². The van der Waals surface area contributed by atoms with Crippen molar-refractivity contribution < 1.29 is 9.47 Å². The van der Waals surface area contributed by atoms with Crippen LogP contribution in [0.4, 0.5) is 0 Å². The van der Waals surface area contributed by atoms with E-state index in [4.69, 9.17) is 29.4 Å². The summed E-state index contributed by atoms with van der Waals surface area (Å²) in [6, 6.07) is 126. The standard InChI is InChI=1S/C99H59N5O2S/c1-2-19-64(20-3-1)96-101-87(59-89(104-96)85-33-16-17-52-100-85)63-42-38-61(39-43-63)68-46-50-83-93(56-68)106-91-51-47-66(54-84(91)99(83)79-30-11-6-25-73(79)74-26-7-12-31-80(74)99)65-21-18-22-70(53-65)97-102-86(58-88(103-97)69-44-48-76-75-27-8-15-35-94(75)107-95(76)57-69)62-40-36-60(37-41-62)67-45-49-82-92(55-67)105-90-34-14-13-32-81(90)98(82)77-28-9-4-23-71(77)72-24-5-10-29-78(72)98/h1-59H. The van der Waals surface area contributed by atoms with E-state index in [2.05, 4.69) is 302 Å². The number of pyridine rings is 1. The van der Waals surface area contributed by atoms with E-state index in [1.54, 1.807) is 6.20 Å². The first-order chi connectivity index (χ1) is 53.0. The molecule has 18 aromatic rings. The lowest BCUT2D eigenvalue weighted by Gasteiger charge is -2.40. The van der Waals surface area contributed by atoms with E-state index in [-0.39, 0.29) is 0 Å². The fourth-order valence-electron chi connectivity index (χ4n) is 17.5. The summed E-state index contributed by atoms with van der Waals surface area (Å²) in [4.78, 5) is 25.8. The van der Waals surface area contributed by atoms with Crippen LogP contribution >= 0.6 is 11.3 Å². The molecule has 22 rings (SSSR count). The van der Waals surface area contributed by atoms with Gasteiger partial charge in [0, 0.05) is 76.4 Å². The van der Waals surface area contributed by atoms with Crippen LogP contribution in [0.2, 0.25) is 0 Å². The van der Waals surface area contributed by atoms with Gasteiger partial charge in [0.25, 0.3) is 0 Å². The molecule has 0 bridgehead atoms. The van der Waals surface area contributed by atoms with Gasteiger partial charge in [0.15, 0.2) is 11.6 Å². The maximum atomic E-state index is 7.26. The highest BCUT2D eigenvalue weighted by atomic mass is 32.1. The lowest BCUT2D eigenvalue weighted by molar-refractivity contribution is 0.436. The summed E-state index contributed by atoms with van der Waals surface area (Å²) in [6.45, 7) is 0. The highest BCUT2D eigenvalue weighted by Crippen LogP contribution is 2.65. The van der Waals surface area contributed by atoms with Crippen LogP contribution < -0.4 is 9.47 Å². The fourth-order valence-corrected chi connectivity index (χ4v) is 18.7. The van der Waals surface area contributed by atoms with Crippen LogP contribution in [-0.4, -0.2) is 24.9 Å². The number of fused-ring (bicyclic) bond motifs is 21. The van der Waals surface area contributed by atoms with Crippen LogP contribution in [0.3, 0.4) is 0 Å². The van der Waals surface area contributed by atoms with Gasteiger partial charge in [-0.25, -0.2) is 19.9 Å². The Bertz CT molecular complexity index is 6560. The molecule has 0 saturated heterocycles. The summed E-state index contributed by atoms with van der Waals surface area (Å²) in [7, 11) is 0. The van der Waals surface area contributed by atoms with Crippen LogP contribution in [-0.2, 0) is 10.8 Å². The molecule has 2 aliphatic heterocycles. The highest BCUT2D eigenvalue weighted by molar-refractivity contribution is 7.25. The summed E-state index contributed by atoms with van der Waals surface area (Å²) < 4.78 is 16.7. The molecule has 14 aromatic carbocycles. The lowest BCUT2D eigenvalue weighted by atomic mass is 9.65. The smallest absolute Gasteiger partial charge is 0.160 e. The molecule has 0 fully saturated rings. The predicted molar refractivity (Wildman–Crippen MR) is 432 cm³/mol. The average molecular weight is 1380 g/mol. The number of benzene rings is 14. The molecule has 8 heteroatoms. The Hall–Kier alpha value is -13.8. The van der Waals surface area contributed by atoms with Crippen LogP contribution in [0.5, 0.6) is 23.0 Å². The van der Waals surface area contributed by atoms with E-state index in [1.807, 2.05) is 65.9 Å². The zero-order valence-corrected chi connectivity index (χ0v) is 58.3. The van der Waals surface area contributed by atoms with Crippen molar-refractivity contribution in [1.82, 2.24) is 24.9 Å². The van der Waals surface area contributed by atoms with E-state index in [9.17, 15) is 0 Å². The number of ether oxygens (including phenoxy) is 2. The molecular formula is C99H59N5O2S. The minimum absolute atomic E-state index is 0.530. The molecule has 0 unspecified atom stereocenters. The molecule has 6 heterocycles. The number of hydrogen-bond acceptors (Lipinski definition) is 8. The van der Waals surface area contributed by atoms with E-state index < -0.39 is 10.8 Å². The van der Waals surface area contributed by atoms with Crippen molar-refractivity contribution in [2.24, 2.45) is 0 Å². The number of thiophene rings is 1. The van der Waals surface area contributed by atoms with E-state index in [0.717, 1.165) is 135 Å². The van der Waals surface area contributed by atoms with Crippen LogP contribution in [0.25, 0.3) is 144 Å². The Labute approximate surface area is 621 Å². The normalized spacial score (nSPS) is 13.3. The minimum atomic E-state index is -0.712. The first kappa shape index (κ1) is 60.8. The Morgan fingerprint density at radius 3 is 1.25 bits per heavy atom. The van der Waals surface area contributed by atoms with Crippen LogP contribution in [0.15, 0.2) is 358 Å². The molecule has 4 aliphatic rings. The molecular weight excluding hydrogens is 1320 g/mol. The van der Waals surface area contributed by atoms with E-state index in [1.165, 1.54) is 64.7 Å². The second-order valence-electron chi connectivity index (χ2n) is 28.1. The molecule has 0 saturated carbocycles. The Kier molecular flexibility index (Phi) is 13.6. The third-order valence-electron chi connectivity index (χ3n) is 22.4. The van der Waals surface area contributed by atoms with E-state index >= 15 is 0 Å². The van der Waals surface area contributed by atoms with Crippen molar-refractivity contribution >= 4 is 31.5 Å². The molecule has 2 aliphatic carbocycles. The predicted octanol–water partition coefficient (Wildman–Crippen LogP) is 25.0. The summed E-state index contributed by atoms with van der Waals surface area (Å²) in [5.74, 6) is 4.62. The number of hydrogen-bond donors (Lipinski definition) is 0. The molecule has 2 spiro atoms. The number of para-hydroxylation sites is 1. The van der Waals surface area contributed by atoms with Gasteiger partial charge in [-0.1, -0.05) is 279 Å². The maximum absolute atomic E-state index is 7.26. The van der Waals surface area contributed by atoms with Crippen molar-refractivity contribution in [2.75, 3.05) is 0 Å². The number of nitrogens with zero attached hydrogens (tertiary/aromatic N) is 5. The first-order valence-electron chi connectivity index (χ1n) is 36.2. The monoisotopic (exact) mass is 1380 g/mol. The van der Waals surface area contributed by atoms with Gasteiger partial charge in [-0.15, -0.1) is 11.3 Å². The summed E-state index contributed by atoms with van der Waals surface area (Å²) in [6.07, 6.45) is 1.80. The summed E-state index contributed by atoms with van der Waals surface area (Å²) in [5.41, 5.74) is 28.3. The van der Waals surface area contributed by atoms with Crippen LogP contribution in [0.1, 0.15) is 44.5 Å². The maximum Gasteiger partial charge on any atom is 0.160 e. The molecule has 107 heavy (non-hydrogen) atoms. The van der Waals surface area contributed by atoms with Crippen molar-refractivity contribution in [2.45, 2.75) is 10.8 Å². The molecule has 4 aromatic heterocycles. The molecule has 0 atom stereocenters. The topological polar surface area (TPSA) is 82.9 Å². The highest BCUT2D eigenvalue weighted by Gasteiger charge is 2.53. The minimum Gasteiger partial charge on any atom is -0.457 e. The van der Waals surface area contributed by atoms with Gasteiger partial charge in [-0.05, 0) is 151 Å². The van der Waals surface area contributed by atoms with E-state index in [0.29, 0.717) is 11.6 Å². The third-order valence-corrected chi connectivity index (χ3v) is 23.5. The number of rotatable bonds is 9. The lowest BCUT2D eigenvalue weighted by Crippen LogP contribution is -2.32. The second kappa shape index (κ2) is 23.9. The van der Waals surface area contributed by atoms with Crippen LogP contribution in [0, 0.1) is 0 Å². The van der Waals surface area contributed by atoms with Gasteiger partial charge in [0.05, 0.1) is 39.3 Å². The fraction of sp³-hybridized carbons (Fsp3) is 0.0202. The average Bonchev–Trinajstić information content (AvgIpc) is 1.56. The Morgan fingerprint density at radius 1 is 0.215 bits per heavy atom. The quantitative estimate of drug-likeness (QED) is 0.142. The van der Waals surface area contributed by atoms with Crippen molar-refractivity contribution in [3.05, 3.63) is 403 Å². The third kappa shape index (κ3) is 9.42.